The number of pyridine rings is 1. The van der Waals surface area contributed by atoms with Crippen molar-refractivity contribution in [2.45, 2.75) is 26.8 Å². The van der Waals surface area contributed by atoms with Gasteiger partial charge in [0.1, 0.15) is 17.3 Å². The highest BCUT2D eigenvalue weighted by molar-refractivity contribution is 5.87. The zero-order valence-corrected chi connectivity index (χ0v) is 19.4. The van der Waals surface area contributed by atoms with Gasteiger partial charge in [-0.1, -0.05) is 0 Å². The molecule has 3 aromatic heterocycles. The van der Waals surface area contributed by atoms with Gasteiger partial charge in [0.15, 0.2) is 5.82 Å². The molecular weight excluding hydrogens is 436 g/mol. The van der Waals surface area contributed by atoms with Crippen molar-refractivity contribution in [3.05, 3.63) is 60.1 Å². The Morgan fingerprint density at radius 3 is 2.50 bits per heavy atom. The number of hydrogen-bond acceptors (Lipinski definition) is 6. The number of fused-ring (bicyclic) bond motifs is 1. The number of anilines is 3. The highest BCUT2D eigenvalue weighted by Crippen LogP contribution is 2.32. The van der Waals surface area contributed by atoms with Gasteiger partial charge in [-0.05, 0) is 51.1 Å². The second-order valence-corrected chi connectivity index (χ2v) is 8.79. The van der Waals surface area contributed by atoms with Crippen LogP contribution in [0.25, 0.3) is 22.2 Å². The van der Waals surface area contributed by atoms with Crippen LogP contribution in [-0.2, 0) is 0 Å². The third kappa shape index (κ3) is 4.19. The van der Waals surface area contributed by atoms with E-state index in [9.17, 15) is 8.78 Å². The van der Waals surface area contributed by atoms with E-state index in [0.717, 1.165) is 43.8 Å². The number of piperazine rings is 1. The second kappa shape index (κ2) is 8.98. The average Bonchev–Trinajstić information content (AvgIpc) is 3.18. The summed E-state index contributed by atoms with van der Waals surface area (Å²) in [6, 6.07) is 8.87. The molecule has 1 fully saturated rings. The highest BCUT2D eigenvalue weighted by Gasteiger charge is 2.17. The smallest absolute Gasteiger partial charge is 0.229 e. The van der Waals surface area contributed by atoms with Crippen LogP contribution in [0.3, 0.4) is 0 Å². The van der Waals surface area contributed by atoms with Crippen LogP contribution in [0.4, 0.5) is 26.2 Å². The predicted octanol–water partition coefficient (Wildman–Crippen LogP) is 4.81. The maximum Gasteiger partial charge on any atom is 0.229 e. The van der Waals surface area contributed by atoms with Gasteiger partial charge in [-0.2, -0.15) is 0 Å². The van der Waals surface area contributed by atoms with Crippen molar-refractivity contribution in [2.75, 3.05) is 36.4 Å². The summed E-state index contributed by atoms with van der Waals surface area (Å²) in [4.78, 5) is 15.1. The summed E-state index contributed by atoms with van der Waals surface area (Å²) >= 11 is 0. The monoisotopic (exact) mass is 463 g/mol. The highest BCUT2D eigenvalue weighted by atomic mass is 19.1. The fraction of sp³-hybridized carbons (Fsp3) is 0.320. The predicted molar refractivity (Wildman–Crippen MR) is 131 cm³/mol. The fourth-order valence-electron chi connectivity index (χ4n) is 4.55. The maximum atomic E-state index is 14.9. The summed E-state index contributed by atoms with van der Waals surface area (Å²) in [5.74, 6) is -0.296. The minimum atomic E-state index is -0.620. The lowest BCUT2D eigenvalue weighted by molar-refractivity contribution is 0.589. The molecule has 0 saturated carbocycles. The minimum absolute atomic E-state index is 0.0323. The lowest BCUT2D eigenvalue weighted by atomic mass is 10.1. The van der Waals surface area contributed by atoms with Gasteiger partial charge in [0.25, 0.3) is 0 Å². The van der Waals surface area contributed by atoms with Gasteiger partial charge in [0.05, 0.1) is 23.6 Å². The molecule has 1 aromatic carbocycles. The van der Waals surface area contributed by atoms with Gasteiger partial charge in [-0.3, -0.25) is 0 Å². The minimum Gasteiger partial charge on any atom is -0.368 e. The van der Waals surface area contributed by atoms with E-state index in [2.05, 4.69) is 30.5 Å². The SMILES string of the molecule is Cc1cc2c(F)cc(-c3nc(Nc4ccc(N5CCNCC5)cn4)ncc3F)cc2n1C(C)C. The van der Waals surface area contributed by atoms with E-state index < -0.39 is 11.6 Å². The van der Waals surface area contributed by atoms with Crippen molar-refractivity contribution in [3.8, 4) is 11.3 Å². The lowest BCUT2D eigenvalue weighted by Gasteiger charge is -2.29. The Morgan fingerprint density at radius 1 is 1.00 bits per heavy atom. The van der Waals surface area contributed by atoms with Crippen LogP contribution < -0.4 is 15.5 Å². The number of rotatable bonds is 5. The van der Waals surface area contributed by atoms with Crippen LogP contribution in [-0.4, -0.2) is 45.7 Å². The van der Waals surface area contributed by atoms with E-state index in [1.54, 1.807) is 12.3 Å². The molecule has 0 bridgehead atoms. The molecule has 0 atom stereocenters. The Labute approximate surface area is 196 Å². The molecule has 4 heterocycles. The number of nitrogens with one attached hydrogen (secondary N) is 2. The van der Waals surface area contributed by atoms with E-state index in [1.165, 1.54) is 6.07 Å². The molecule has 5 rings (SSSR count). The van der Waals surface area contributed by atoms with E-state index in [-0.39, 0.29) is 17.7 Å². The zero-order valence-electron chi connectivity index (χ0n) is 19.4. The Kier molecular flexibility index (Phi) is 5.87. The maximum absolute atomic E-state index is 14.9. The molecule has 1 aliphatic rings. The average molecular weight is 464 g/mol. The zero-order chi connectivity index (χ0) is 23.8. The Hall–Kier alpha value is -3.59. The summed E-state index contributed by atoms with van der Waals surface area (Å²) in [6.07, 6.45) is 2.89. The van der Waals surface area contributed by atoms with Gasteiger partial charge < -0.3 is 20.1 Å². The van der Waals surface area contributed by atoms with E-state index in [4.69, 9.17) is 0 Å². The van der Waals surface area contributed by atoms with Gasteiger partial charge in [-0.15, -0.1) is 0 Å². The van der Waals surface area contributed by atoms with Crippen LogP contribution in [0.15, 0.2) is 42.7 Å². The van der Waals surface area contributed by atoms with Gasteiger partial charge >= 0.3 is 0 Å². The first kappa shape index (κ1) is 22.2. The molecule has 34 heavy (non-hydrogen) atoms. The number of benzene rings is 1. The first-order chi connectivity index (χ1) is 16.4. The molecule has 4 aromatic rings. The largest absolute Gasteiger partial charge is 0.368 e. The molecule has 0 unspecified atom stereocenters. The Morgan fingerprint density at radius 2 is 1.79 bits per heavy atom. The van der Waals surface area contributed by atoms with Gasteiger partial charge in [0.2, 0.25) is 5.95 Å². The van der Waals surface area contributed by atoms with E-state index in [1.807, 2.05) is 43.5 Å². The van der Waals surface area contributed by atoms with Crippen molar-refractivity contribution in [1.29, 1.82) is 0 Å². The van der Waals surface area contributed by atoms with Crippen LogP contribution >= 0.6 is 0 Å². The van der Waals surface area contributed by atoms with Crippen molar-refractivity contribution >= 4 is 28.4 Å². The van der Waals surface area contributed by atoms with Crippen molar-refractivity contribution in [1.82, 2.24) is 24.8 Å². The van der Waals surface area contributed by atoms with Crippen molar-refractivity contribution in [2.24, 2.45) is 0 Å². The third-order valence-electron chi connectivity index (χ3n) is 6.10. The molecule has 0 amide bonds. The molecule has 0 spiro atoms. The third-order valence-corrected chi connectivity index (χ3v) is 6.10. The molecule has 0 radical (unpaired) electrons. The standard InChI is InChI=1S/C25H27F2N7/c1-15(2)34-16(3)10-19-20(26)11-17(12-22(19)34)24-21(27)14-30-25(32-24)31-23-5-4-18(13-29-23)33-8-6-28-7-9-33/h4-5,10-15,28H,6-9H2,1-3H3,(H,29,30,31,32). The summed E-state index contributed by atoms with van der Waals surface area (Å²) < 4.78 is 31.7. The van der Waals surface area contributed by atoms with Crippen LogP contribution in [0.2, 0.25) is 0 Å². The molecule has 2 N–H and O–H groups in total. The topological polar surface area (TPSA) is 70.9 Å². The van der Waals surface area contributed by atoms with Gasteiger partial charge in [0, 0.05) is 48.9 Å². The number of hydrogen-bond donors (Lipinski definition) is 2. The van der Waals surface area contributed by atoms with Crippen molar-refractivity contribution < 1.29 is 8.78 Å². The molecule has 1 saturated heterocycles. The summed E-state index contributed by atoms with van der Waals surface area (Å²) in [7, 11) is 0. The van der Waals surface area contributed by atoms with Crippen molar-refractivity contribution in [3.63, 3.8) is 0 Å². The molecule has 0 aliphatic carbocycles. The lowest BCUT2D eigenvalue weighted by Crippen LogP contribution is -2.43. The quantitative estimate of drug-likeness (QED) is 0.443. The first-order valence-electron chi connectivity index (χ1n) is 11.4. The number of nitrogens with zero attached hydrogens (tertiary/aromatic N) is 5. The summed E-state index contributed by atoms with van der Waals surface area (Å²) in [5.41, 5.74) is 3.09. The molecule has 1 aliphatic heterocycles. The van der Waals surface area contributed by atoms with Gasteiger partial charge in [-0.25, -0.2) is 23.7 Å². The van der Waals surface area contributed by atoms with Crippen LogP contribution in [0, 0.1) is 18.6 Å². The normalized spacial score (nSPS) is 14.2. The second-order valence-electron chi connectivity index (χ2n) is 8.79. The Balaban J connectivity index is 1.45. The molecule has 7 nitrogen and oxygen atoms in total. The van der Waals surface area contributed by atoms with E-state index >= 15 is 0 Å². The fourth-order valence-corrected chi connectivity index (χ4v) is 4.55. The summed E-state index contributed by atoms with van der Waals surface area (Å²) in [5, 5.41) is 6.87. The number of aromatic nitrogens is 4. The molecular formula is C25H27F2N7. The van der Waals surface area contributed by atoms with Crippen LogP contribution in [0.5, 0.6) is 0 Å². The Bertz CT molecular complexity index is 1330. The number of aryl methyl sites for hydroxylation is 1. The molecule has 176 valence electrons. The first-order valence-corrected chi connectivity index (χ1v) is 11.4. The summed E-state index contributed by atoms with van der Waals surface area (Å²) in [6.45, 7) is 9.75. The number of halogens is 2. The van der Waals surface area contributed by atoms with E-state index in [0.29, 0.717) is 22.3 Å². The van der Waals surface area contributed by atoms with Crippen LogP contribution in [0.1, 0.15) is 25.6 Å². The molecule has 9 heteroatoms.